The lowest BCUT2D eigenvalue weighted by atomic mass is 9.59. The van der Waals surface area contributed by atoms with Gasteiger partial charge in [0, 0.05) is 17.7 Å². The van der Waals surface area contributed by atoms with Gasteiger partial charge in [0.05, 0.1) is 17.2 Å². The molecule has 1 saturated carbocycles. The predicted molar refractivity (Wildman–Crippen MR) is 119 cm³/mol. The molecule has 3 aliphatic rings. The summed E-state index contributed by atoms with van der Waals surface area (Å²) in [5.74, 6) is 1.26. The molecule has 1 N–H and O–H groups in total. The topological polar surface area (TPSA) is 51.2 Å². The van der Waals surface area contributed by atoms with E-state index in [2.05, 4.69) is 16.4 Å². The number of fused-ring (bicyclic) bond motifs is 2. The molecule has 7 heteroatoms. The Morgan fingerprint density at radius 2 is 2.03 bits per heavy atom. The maximum absolute atomic E-state index is 13.0. The van der Waals surface area contributed by atoms with E-state index in [0.717, 1.165) is 43.8 Å². The number of esters is 1. The lowest BCUT2D eigenvalue weighted by Gasteiger charge is -2.45. The van der Waals surface area contributed by atoms with Crippen LogP contribution in [0.2, 0.25) is 0 Å². The Kier molecular flexibility index (Phi) is 5.77. The Labute approximate surface area is 191 Å². The molecule has 33 heavy (non-hydrogen) atoms. The van der Waals surface area contributed by atoms with E-state index < -0.39 is 11.7 Å². The maximum Gasteiger partial charge on any atom is 0.416 e. The number of alkyl halides is 3. The van der Waals surface area contributed by atoms with Gasteiger partial charge >= 0.3 is 12.1 Å². The van der Waals surface area contributed by atoms with Gasteiger partial charge in [-0.25, -0.2) is 0 Å². The number of cyclic esters (lactones) is 1. The van der Waals surface area contributed by atoms with Gasteiger partial charge in [-0.1, -0.05) is 24.3 Å². The van der Waals surface area contributed by atoms with Crippen molar-refractivity contribution in [3.05, 3.63) is 59.9 Å². The van der Waals surface area contributed by atoms with E-state index in [9.17, 15) is 18.0 Å². The van der Waals surface area contributed by atoms with Crippen molar-refractivity contribution in [2.45, 2.75) is 32.0 Å². The summed E-state index contributed by atoms with van der Waals surface area (Å²) in [6.45, 7) is 3.91. The van der Waals surface area contributed by atoms with Crippen LogP contribution in [0.3, 0.4) is 0 Å². The number of nitrogens with zero attached hydrogens (tertiary/aromatic N) is 1. The normalized spacial score (nSPS) is 31.8. The Bertz CT molecular complexity index is 1050. The summed E-state index contributed by atoms with van der Waals surface area (Å²) in [5, 5.41) is 3.46. The van der Waals surface area contributed by atoms with Crippen molar-refractivity contribution in [3.63, 3.8) is 0 Å². The van der Waals surface area contributed by atoms with Crippen molar-refractivity contribution in [3.8, 4) is 11.1 Å². The average molecular weight is 457 g/mol. The molecule has 2 aromatic rings. The molecule has 6 atom stereocenters. The fourth-order valence-corrected chi connectivity index (χ4v) is 6.02. The number of allylic oxidation sites excluding steroid dienone is 1. The summed E-state index contributed by atoms with van der Waals surface area (Å²) in [5.41, 5.74) is 1.19. The molecule has 3 fully saturated rings. The van der Waals surface area contributed by atoms with E-state index in [1.165, 1.54) is 6.07 Å². The number of nitrogens with one attached hydrogen (secondary N) is 1. The van der Waals surface area contributed by atoms with Gasteiger partial charge < -0.3 is 10.1 Å². The number of hydrogen-bond donors (Lipinski definition) is 1. The quantitative estimate of drug-likeness (QED) is 0.645. The first-order chi connectivity index (χ1) is 15.8. The van der Waals surface area contributed by atoms with Gasteiger partial charge in [0.25, 0.3) is 0 Å². The zero-order valence-electron chi connectivity index (χ0n) is 18.4. The molecule has 174 valence electrons. The summed E-state index contributed by atoms with van der Waals surface area (Å²) in [7, 11) is 0. The first-order valence-corrected chi connectivity index (χ1v) is 11.5. The molecule has 2 aliphatic heterocycles. The standard InChI is InChI=1S/C26H27F3N2O2/c1-15-24-22(21-9-10-30-13-18(21)12-23(24)25(32)33-15)8-7-20-6-5-17(14-31-20)16-3-2-4-19(11-16)26(27,28)29/h2-8,11,14-15,18,21-24,30H,9-10,12-13H2,1H3/b8-7+. The summed E-state index contributed by atoms with van der Waals surface area (Å²) < 4.78 is 44.7. The van der Waals surface area contributed by atoms with Crippen molar-refractivity contribution in [2.24, 2.45) is 29.6 Å². The number of pyridine rings is 1. The van der Waals surface area contributed by atoms with Crippen molar-refractivity contribution in [1.82, 2.24) is 10.3 Å². The molecule has 1 aromatic heterocycles. The third-order valence-corrected chi connectivity index (χ3v) is 7.57. The fourth-order valence-electron chi connectivity index (χ4n) is 6.02. The molecule has 0 amide bonds. The Morgan fingerprint density at radius 3 is 2.79 bits per heavy atom. The lowest BCUT2D eigenvalue weighted by molar-refractivity contribution is -0.144. The molecule has 0 bridgehead atoms. The number of piperidine rings is 1. The number of benzene rings is 1. The minimum atomic E-state index is -4.38. The molecule has 5 rings (SSSR count). The molecule has 1 aromatic carbocycles. The average Bonchev–Trinajstić information content (AvgIpc) is 3.09. The van der Waals surface area contributed by atoms with Crippen LogP contribution in [-0.2, 0) is 15.7 Å². The van der Waals surface area contributed by atoms with Crippen LogP contribution in [0.4, 0.5) is 13.2 Å². The van der Waals surface area contributed by atoms with E-state index in [4.69, 9.17) is 4.74 Å². The molecular weight excluding hydrogens is 429 g/mol. The minimum absolute atomic E-state index is 0.0490. The third kappa shape index (κ3) is 4.31. The van der Waals surface area contributed by atoms with Crippen LogP contribution in [0.5, 0.6) is 0 Å². The van der Waals surface area contributed by atoms with Crippen molar-refractivity contribution in [2.75, 3.05) is 13.1 Å². The van der Waals surface area contributed by atoms with E-state index in [-0.39, 0.29) is 29.8 Å². The second-order valence-corrected chi connectivity index (χ2v) is 9.47. The van der Waals surface area contributed by atoms with E-state index in [1.54, 1.807) is 18.3 Å². The van der Waals surface area contributed by atoms with E-state index >= 15 is 0 Å². The molecule has 0 spiro atoms. The monoisotopic (exact) mass is 456 g/mol. The molecule has 2 saturated heterocycles. The smallest absolute Gasteiger partial charge is 0.416 e. The highest BCUT2D eigenvalue weighted by atomic mass is 19.4. The number of rotatable bonds is 3. The largest absolute Gasteiger partial charge is 0.462 e. The SMILES string of the molecule is CC1OC(=O)C2CC3CNCCC3C(/C=C/c3ccc(-c4cccc(C(F)(F)F)c4)cn3)C12. The highest BCUT2D eigenvalue weighted by molar-refractivity contribution is 5.75. The maximum atomic E-state index is 13.0. The predicted octanol–water partition coefficient (Wildman–Crippen LogP) is 5.20. The highest BCUT2D eigenvalue weighted by Gasteiger charge is 2.53. The van der Waals surface area contributed by atoms with Crippen molar-refractivity contribution >= 4 is 12.0 Å². The zero-order chi connectivity index (χ0) is 23.2. The molecule has 1 aliphatic carbocycles. The van der Waals surface area contributed by atoms with Crippen LogP contribution >= 0.6 is 0 Å². The molecule has 4 nitrogen and oxygen atoms in total. The van der Waals surface area contributed by atoms with Gasteiger partial charge in [-0.3, -0.25) is 9.78 Å². The summed E-state index contributed by atoms with van der Waals surface area (Å²) in [4.78, 5) is 16.9. The van der Waals surface area contributed by atoms with E-state index in [0.29, 0.717) is 23.0 Å². The number of hydrogen-bond acceptors (Lipinski definition) is 4. The lowest BCUT2D eigenvalue weighted by Crippen LogP contribution is -2.48. The van der Waals surface area contributed by atoms with Crippen LogP contribution in [0.15, 0.2) is 48.7 Å². The number of carbonyl (C=O) groups excluding carboxylic acids is 1. The zero-order valence-corrected chi connectivity index (χ0v) is 18.4. The van der Waals surface area contributed by atoms with Gasteiger partial charge in [-0.05, 0) is 80.4 Å². The first kappa shape index (κ1) is 22.1. The van der Waals surface area contributed by atoms with Crippen molar-refractivity contribution < 1.29 is 22.7 Å². The Balaban J connectivity index is 1.38. The van der Waals surface area contributed by atoms with Gasteiger partial charge in [-0.15, -0.1) is 0 Å². The summed E-state index contributed by atoms with van der Waals surface area (Å²) >= 11 is 0. The van der Waals surface area contributed by atoms with Crippen molar-refractivity contribution in [1.29, 1.82) is 0 Å². The summed E-state index contributed by atoms with van der Waals surface area (Å²) in [6.07, 6.45) is 3.27. The van der Waals surface area contributed by atoms with E-state index in [1.807, 2.05) is 19.1 Å². The van der Waals surface area contributed by atoms with Crippen LogP contribution in [-0.4, -0.2) is 30.1 Å². The molecular formula is C26H27F3N2O2. The van der Waals surface area contributed by atoms with Gasteiger partial charge in [-0.2, -0.15) is 13.2 Å². The van der Waals surface area contributed by atoms with Crippen LogP contribution in [0.1, 0.15) is 31.0 Å². The highest BCUT2D eigenvalue weighted by Crippen LogP contribution is 2.50. The van der Waals surface area contributed by atoms with Crippen LogP contribution in [0, 0.1) is 29.6 Å². The third-order valence-electron chi connectivity index (χ3n) is 7.57. The number of aromatic nitrogens is 1. The molecule has 0 radical (unpaired) electrons. The van der Waals surface area contributed by atoms with Crippen LogP contribution in [0.25, 0.3) is 17.2 Å². The molecule has 3 heterocycles. The van der Waals surface area contributed by atoms with Gasteiger partial charge in [0.15, 0.2) is 0 Å². The second-order valence-electron chi connectivity index (χ2n) is 9.47. The minimum Gasteiger partial charge on any atom is -0.462 e. The number of ether oxygens (including phenoxy) is 1. The fraction of sp³-hybridized carbons (Fsp3) is 0.462. The number of halogens is 3. The Hall–Kier alpha value is -2.67. The molecule has 6 unspecified atom stereocenters. The second kappa shape index (κ2) is 8.60. The first-order valence-electron chi connectivity index (χ1n) is 11.5. The van der Waals surface area contributed by atoms with Crippen LogP contribution < -0.4 is 5.32 Å². The van der Waals surface area contributed by atoms with Gasteiger partial charge in [0.2, 0.25) is 0 Å². The van der Waals surface area contributed by atoms with Gasteiger partial charge in [0.1, 0.15) is 6.10 Å². The Morgan fingerprint density at radius 1 is 1.18 bits per heavy atom. The number of carbonyl (C=O) groups is 1. The summed E-state index contributed by atoms with van der Waals surface area (Å²) in [6, 6.07) is 8.89.